The fraction of sp³-hybridized carbons (Fsp3) is 0.518. The molecule has 0 saturated carbocycles. The lowest BCUT2D eigenvalue weighted by Crippen LogP contribution is -2.25. The van der Waals surface area contributed by atoms with Gasteiger partial charge in [-0.1, -0.05) is 445 Å². The second kappa shape index (κ2) is 40.5. The highest BCUT2D eigenvalue weighted by atomic mass is 14.5. The Morgan fingerprint density at radius 2 is 0.429 bits per heavy atom. The summed E-state index contributed by atoms with van der Waals surface area (Å²) in [7, 11) is 0. The van der Waals surface area contributed by atoms with Crippen molar-refractivity contribution in [3.63, 3.8) is 0 Å². The Bertz CT molecular complexity index is 4600. The van der Waals surface area contributed by atoms with Crippen LogP contribution in [0.25, 0.3) is 120 Å². The van der Waals surface area contributed by atoms with Gasteiger partial charge in [0, 0.05) is 10.8 Å². The van der Waals surface area contributed by atoms with Crippen LogP contribution in [0.15, 0.2) is 158 Å². The van der Waals surface area contributed by atoms with E-state index >= 15 is 0 Å². The molecule has 0 heteroatoms. The molecule has 12 aromatic carbocycles. The molecular formula is C112H144. The molecule has 0 aromatic heterocycles. The SMILES string of the molecule is CCCCCCCCCCCCc1cc2c3cc(-c4ccc5c(c4)C(CCCCCCCC)(CCCCCCCC)c4ccccc4-5)ccc3c3ccc4c5ccc(-c6ccc7c(c6)C(CCCCCCCC)(CCCCCCCC)c6ccccc6-7)cc5c5cc(CCCCCCCCCCCC)cc6c(c1)c2c3c4c56. The molecule has 592 valence electrons. The maximum atomic E-state index is 2.74. The van der Waals surface area contributed by atoms with Gasteiger partial charge in [-0.2, -0.15) is 0 Å². The van der Waals surface area contributed by atoms with Gasteiger partial charge in [0.1, 0.15) is 0 Å². The van der Waals surface area contributed by atoms with Crippen molar-refractivity contribution in [3.05, 3.63) is 191 Å². The van der Waals surface area contributed by atoms with Crippen LogP contribution in [0.3, 0.4) is 0 Å². The zero-order valence-electron chi connectivity index (χ0n) is 71.4. The second-order valence-electron chi connectivity index (χ2n) is 36.3. The van der Waals surface area contributed by atoms with Crippen LogP contribution < -0.4 is 0 Å². The molecule has 0 heterocycles. The van der Waals surface area contributed by atoms with Crippen LogP contribution in [0, 0.1) is 0 Å². The van der Waals surface area contributed by atoms with Crippen LogP contribution in [0.1, 0.15) is 383 Å². The normalized spacial score (nSPS) is 13.6. The van der Waals surface area contributed by atoms with E-state index in [0.717, 1.165) is 12.8 Å². The minimum atomic E-state index is 0.0335. The average molecular weight is 1490 g/mol. The first-order valence-electron chi connectivity index (χ1n) is 47.7. The molecule has 0 saturated heterocycles. The largest absolute Gasteiger partial charge is 0.0654 e. The highest BCUT2D eigenvalue weighted by Gasteiger charge is 2.44. The summed E-state index contributed by atoms with van der Waals surface area (Å²) in [5, 5.41) is 20.3. The maximum Gasteiger partial charge on any atom is 0.0215 e. The zero-order chi connectivity index (χ0) is 76.9. The van der Waals surface area contributed by atoms with Gasteiger partial charge in [0.05, 0.1) is 0 Å². The van der Waals surface area contributed by atoms with E-state index in [1.165, 1.54) is 439 Å². The standard InChI is InChI=1S/C112H144/c1-7-13-19-25-31-33-35-37-39-45-55-83-75-99-97-79-85(87-63-67-93-91-57-47-49-59-103(91)111(105(93)81-87,71-51-41-27-21-15-9-3)72-52-42-28-22-16-10-4)61-65-89(97)95-69-70-96-90-66-62-86(80-98(90)100-76-84(56-46-40-38-36-34-32-26-20-14-8-2)78-102-101(77-83)107(99)109(95)110(96)108(100)102)88-64-68-94-92-58-48-50-60-104(92)112(106(94)82-88,73-53-43-29-23-17-11-5)74-54-44-30-24-18-12-6/h47-50,57-70,75-82H,7-46,51-56,71-74H2,1-6H3. The summed E-state index contributed by atoms with van der Waals surface area (Å²) in [4.78, 5) is 0. The van der Waals surface area contributed by atoms with Gasteiger partial charge >= 0.3 is 0 Å². The summed E-state index contributed by atoms with van der Waals surface area (Å²) >= 11 is 0. The fourth-order valence-corrected chi connectivity index (χ4v) is 22.1. The predicted molar refractivity (Wildman–Crippen MR) is 498 cm³/mol. The van der Waals surface area contributed by atoms with Crippen LogP contribution in [0.5, 0.6) is 0 Å². The Hall–Kier alpha value is -7.02. The van der Waals surface area contributed by atoms with Gasteiger partial charge in [-0.15, -0.1) is 0 Å². The lowest BCUT2D eigenvalue weighted by Gasteiger charge is -2.33. The molecule has 2 aliphatic rings. The topological polar surface area (TPSA) is 0 Å². The Morgan fingerprint density at radius 1 is 0.179 bits per heavy atom. The van der Waals surface area contributed by atoms with E-state index in [9.17, 15) is 0 Å². The third-order valence-corrected chi connectivity index (χ3v) is 28.3. The molecule has 112 heavy (non-hydrogen) atoms. The van der Waals surface area contributed by atoms with E-state index in [-0.39, 0.29) is 10.8 Å². The minimum Gasteiger partial charge on any atom is -0.0654 e. The van der Waals surface area contributed by atoms with Crippen LogP contribution in [0.4, 0.5) is 0 Å². The van der Waals surface area contributed by atoms with E-state index < -0.39 is 0 Å². The van der Waals surface area contributed by atoms with E-state index in [4.69, 9.17) is 0 Å². The van der Waals surface area contributed by atoms with Crippen molar-refractivity contribution in [3.8, 4) is 44.5 Å². The van der Waals surface area contributed by atoms with Gasteiger partial charge in [-0.3, -0.25) is 0 Å². The molecule has 0 unspecified atom stereocenters. The molecule has 0 atom stereocenters. The number of unbranched alkanes of at least 4 members (excludes halogenated alkanes) is 38. The molecule has 0 radical (unpaired) electrons. The summed E-state index contributed by atoms with van der Waals surface area (Å²) in [5.74, 6) is 0. The van der Waals surface area contributed by atoms with Gasteiger partial charge in [0.15, 0.2) is 0 Å². The van der Waals surface area contributed by atoms with Crippen LogP contribution >= 0.6 is 0 Å². The number of hydrogen-bond acceptors (Lipinski definition) is 0. The summed E-state index contributed by atoms with van der Waals surface area (Å²) in [6, 6.07) is 66.5. The van der Waals surface area contributed by atoms with Crippen molar-refractivity contribution in [2.24, 2.45) is 0 Å². The molecule has 0 N–H and O–H groups in total. The van der Waals surface area contributed by atoms with E-state index in [1.54, 1.807) is 22.3 Å². The highest BCUT2D eigenvalue weighted by Crippen LogP contribution is 2.58. The number of fused-ring (bicyclic) bond motifs is 13. The van der Waals surface area contributed by atoms with Crippen molar-refractivity contribution in [1.82, 2.24) is 0 Å². The first kappa shape index (κ1) is 81.5. The summed E-state index contributed by atoms with van der Waals surface area (Å²) in [6.07, 6.45) is 66.3. The molecule has 0 aliphatic heterocycles. The first-order valence-corrected chi connectivity index (χ1v) is 47.7. The molecule has 12 aromatic rings. The van der Waals surface area contributed by atoms with E-state index in [1.807, 2.05) is 0 Å². The fourth-order valence-electron chi connectivity index (χ4n) is 22.1. The Balaban J connectivity index is 0.914. The molecule has 0 nitrogen and oxygen atoms in total. The molecule has 2 aliphatic carbocycles. The third-order valence-electron chi connectivity index (χ3n) is 28.3. The van der Waals surface area contributed by atoms with Crippen LogP contribution in [0.2, 0.25) is 0 Å². The Kier molecular flexibility index (Phi) is 29.5. The van der Waals surface area contributed by atoms with Crippen molar-refractivity contribution in [2.75, 3.05) is 0 Å². The lowest BCUT2D eigenvalue weighted by molar-refractivity contribution is 0.398. The molecule has 0 spiro atoms. The maximum absolute atomic E-state index is 2.74. The first-order chi connectivity index (χ1) is 55.4. The number of hydrogen-bond donors (Lipinski definition) is 0. The monoisotopic (exact) mass is 1490 g/mol. The van der Waals surface area contributed by atoms with Crippen LogP contribution in [-0.4, -0.2) is 0 Å². The second-order valence-corrected chi connectivity index (χ2v) is 36.3. The minimum absolute atomic E-state index is 0.0335. The van der Waals surface area contributed by atoms with Gasteiger partial charge in [-0.05, 0) is 229 Å². The van der Waals surface area contributed by atoms with Crippen molar-refractivity contribution in [1.29, 1.82) is 0 Å². The lowest BCUT2D eigenvalue weighted by atomic mass is 9.70. The van der Waals surface area contributed by atoms with Gasteiger partial charge in [0.2, 0.25) is 0 Å². The van der Waals surface area contributed by atoms with Crippen molar-refractivity contribution >= 4 is 75.4 Å². The number of benzene rings is 12. The zero-order valence-corrected chi connectivity index (χ0v) is 71.4. The summed E-state index contributed by atoms with van der Waals surface area (Å²) in [6.45, 7) is 14.1. The van der Waals surface area contributed by atoms with Crippen molar-refractivity contribution in [2.45, 2.75) is 373 Å². The molecular weight excluding hydrogens is 1350 g/mol. The summed E-state index contributed by atoms with van der Waals surface area (Å²) < 4.78 is 0. The van der Waals surface area contributed by atoms with Gasteiger partial charge in [-0.25, -0.2) is 0 Å². The Morgan fingerprint density at radius 3 is 0.750 bits per heavy atom. The van der Waals surface area contributed by atoms with Gasteiger partial charge in [0.25, 0.3) is 0 Å². The smallest absolute Gasteiger partial charge is 0.0215 e. The number of aryl methyl sites for hydroxylation is 2. The van der Waals surface area contributed by atoms with E-state index in [2.05, 4.69) is 199 Å². The van der Waals surface area contributed by atoms with Crippen molar-refractivity contribution < 1.29 is 0 Å². The highest BCUT2D eigenvalue weighted by molar-refractivity contribution is 6.47. The quantitative estimate of drug-likeness (QED) is 0.0202. The van der Waals surface area contributed by atoms with E-state index in [0.29, 0.717) is 0 Å². The molecule has 0 bridgehead atoms. The third kappa shape index (κ3) is 18.0. The molecule has 0 fully saturated rings. The predicted octanol–water partition coefficient (Wildman–Crippen LogP) is 36.4. The average Bonchev–Trinajstić information content (AvgIpc) is 0.747. The van der Waals surface area contributed by atoms with Crippen LogP contribution in [-0.2, 0) is 23.7 Å². The molecule has 14 rings (SSSR count). The van der Waals surface area contributed by atoms with Gasteiger partial charge < -0.3 is 0 Å². The summed E-state index contributed by atoms with van der Waals surface area (Å²) in [5.41, 5.74) is 20.9. The molecule has 0 amide bonds. The Labute approximate surface area is 680 Å². The number of rotatable bonds is 52.